The lowest BCUT2D eigenvalue weighted by Gasteiger charge is -2.28. The molecular formula is C11H17BrN2S2. The van der Waals surface area contributed by atoms with Gasteiger partial charge in [0, 0.05) is 33.6 Å². The highest BCUT2D eigenvalue weighted by molar-refractivity contribution is 9.10. The number of hydrogen-bond donors (Lipinski definition) is 1. The van der Waals surface area contributed by atoms with Crippen molar-refractivity contribution in [2.75, 3.05) is 31.1 Å². The lowest BCUT2D eigenvalue weighted by atomic mass is 10.2. The average molecular weight is 321 g/mol. The Morgan fingerprint density at radius 1 is 1.44 bits per heavy atom. The highest BCUT2D eigenvalue weighted by Gasteiger charge is 2.21. The van der Waals surface area contributed by atoms with E-state index in [1.807, 2.05) is 11.3 Å². The maximum Gasteiger partial charge on any atom is 0.0564 e. The Kier molecular flexibility index (Phi) is 5.16. The SMILES string of the molecule is NCC(c1cc(Br)cs1)N1CCCSCC1. The molecule has 1 aromatic rings. The van der Waals surface area contributed by atoms with Crippen molar-refractivity contribution in [2.45, 2.75) is 12.5 Å². The zero-order chi connectivity index (χ0) is 11.4. The van der Waals surface area contributed by atoms with E-state index in [4.69, 9.17) is 5.73 Å². The summed E-state index contributed by atoms with van der Waals surface area (Å²) in [5.74, 6) is 2.53. The molecule has 0 radical (unpaired) electrons. The first-order chi connectivity index (χ1) is 7.81. The lowest BCUT2D eigenvalue weighted by molar-refractivity contribution is 0.221. The number of rotatable bonds is 3. The molecule has 2 heterocycles. The molecule has 1 unspecified atom stereocenters. The van der Waals surface area contributed by atoms with Gasteiger partial charge in [0.1, 0.15) is 0 Å². The molecule has 1 aromatic heterocycles. The van der Waals surface area contributed by atoms with Crippen LogP contribution in [0.3, 0.4) is 0 Å². The van der Waals surface area contributed by atoms with Crippen LogP contribution in [0, 0.1) is 0 Å². The molecule has 0 amide bonds. The number of nitrogens with two attached hydrogens (primary N) is 1. The molecule has 1 aliphatic rings. The first kappa shape index (κ1) is 12.9. The topological polar surface area (TPSA) is 29.3 Å². The summed E-state index contributed by atoms with van der Waals surface area (Å²) in [5.41, 5.74) is 5.94. The van der Waals surface area contributed by atoms with E-state index in [0.29, 0.717) is 6.04 Å². The lowest BCUT2D eigenvalue weighted by Crippen LogP contribution is -2.34. The summed E-state index contributed by atoms with van der Waals surface area (Å²) in [5, 5.41) is 2.14. The van der Waals surface area contributed by atoms with E-state index in [1.165, 1.54) is 40.4 Å². The molecule has 0 spiro atoms. The minimum atomic E-state index is 0.412. The molecule has 0 saturated carbocycles. The monoisotopic (exact) mass is 320 g/mol. The van der Waals surface area contributed by atoms with Crippen LogP contribution in [0.5, 0.6) is 0 Å². The molecule has 0 aromatic carbocycles. The zero-order valence-electron chi connectivity index (χ0n) is 9.19. The van der Waals surface area contributed by atoms with Crippen molar-refractivity contribution < 1.29 is 0 Å². The molecule has 0 aliphatic carbocycles. The predicted molar refractivity (Wildman–Crippen MR) is 77.3 cm³/mol. The molecule has 2 rings (SSSR count). The van der Waals surface area contributed by atoms with Crippen LogP contribution < -0.4 is 5.73 Å². The normalized spacial score (nSPS) is 20.6. The first-order valence-electron chi connectivity index (χ1n) is 5.57. The molecule has 2 nitrogen and oxygen atoms in total. The first-order valence-corrected chi connectivity index (χ1v) is 8.40. The van der Waals surface area contributed by atoms with Crippen LogP contribution in [0.4, 0.5) is 0 Å². The number of thiophene rings is 1. The number of nitrogens with zero attached hydrogens (tertiary/aromatic N) is 1. The fourth-order valence-corrected chi connectivity index (χ4v) is 4.52. The van der Waals surface area contributed by atoms with Crippen LogP contribution in [-0.2, 0) is 0 Å². The Labute approximate surface area is 114 Å². The Hall–Kier alpha value is 0.450. The van der Waals surface area contributed by atoms with Crippen molar-refractivity contribution in [3.8, 4) is 0 Å². The van der Waals surface area contributed by atoms with Gasteiger partial charge in [-0.05, 0) is 40.7 Å². The van der Waals surface area contributed by atoms with E-state index >= 15 is 0 Å². The summed E-state index contributed by atoms with van der Waals surface area (Å²) in [6.45, 7) is 3.07. The average Bonchev–Trinajstić information content (AvgIpc) is 2.55. The van der Waals surface area contributed by atoms with Gasteiger partial charge in [0.05, 0.1) is 6.04 Å². The second-order valence-corrected chi connectivity index (χ2v) is 7.00. The molecule has 5 heteroatoms. The standard InChI is InChI=1S/C11H17BrN2S2/c12-9-6-11(16-8-9)10(7-13)14-2-1-4-15-5-3-14/h6,8,10H,1-5,7,13H2. The van der Waals surface area contributed by atoms with Gasteiger partial charge in [-0.1, -0.05) is 0 Å². The van der Waals surface area contributed by atoms with Gasteiger partial charge in [0.2, 0.25) is 0 Å². The second-order valence-electron chi connectivity index (χ2n) is 3.92. The third-order valence-corrected chi connectivity index (χ3v) is 5.68. The van der Waals surface area contributed by atoms with Gasteiger partial charge in [-0.3, -0.25) is 4.90 Å². The van der Waals surface area contributed by atoms with Gasteiger partial charge in [0.25, 0.3) is 0 Å². The highest BCUT2D eigenvalue weighted by atomic mass is 79.9. The van der Waals surface area contributed by atoms with E-state index in [1.54, 1.807) is 0 Å². The predicted octanol–water partition coefficient (Wildman–Crippen LogP) is 2.95. The molecule has 1 fully saturated rings. The van der Waals surface area contributed by atoms with Crippen molar-refractivity contribution in [2.24, 2.45) is 5.73 Å². The summed E-state index contributed by atoms with van der Waals surface area (Å²) in [4.78, 5) is 3.93. The summed E-state index contributed by atoms with van der Waals surface area (Å²) < 4.78 is 1.18. The van der Waals surface area contributed by atoms with Crippen molar-refractivity contribution in [3.63, 3.8) is 0 Å². The van der Waals surface area contributed by atoms with Gasteiger partial charge < -0.3 is 5.73 Å². The highest BCUT2D eigenvalue weighted by Crippen LogP contribution is 2.30. The molecule has 1 aliphatic heterocycles. The molecule has 0 bridgehead atoms. The maximum absolute atomic E-state index is 5.94. The van der Waals surface area contributed by atoms with E-state index in [2.05, 4.69) is 44.0 Å². The molecule has 1 atom stereocenters. The van der Waals surface area contributed by atoms with Gasteiger partial charge in [0.15, 0.2) is 0 Å². The number of hydrogen-bond acceptors (Lipinski definition) is 4. The summed E-state index contributed by atoms with van der Waals surface area (Å²) in [6.07, 6.45) is 1.29. The van der Waals surface area contributed by atoms with Gasteiger partial charge in [-0.25, -0.2) is 0 Å². The Morgan fingerprint density at radius 2 is 2.31 bits per heavy atom. The number of halogens is 1. The molecule has 2 N–H and O–H groups in total. The Morgan fingerprint density at radius 3 is 3.00 bits per heavy atom. The summed E-state index contributed by atoms with van der Waals surface area (Å²) in [7, 11) is 0. The van der Waals surface area contributed by atoms with Gasteiger partial charge in [-0.15, -0.1) is 11.3 Å². The third-order valence-electron chi connectivity index (χ3n) is 2.84. The second kappa shape index (κ2) is 6.40. The van der Waals surface area contributed by atoms with E-state index in [-0.39, 0.29) is 0 Å². The minimum absolute atomic E-state index is 0.412. The molecule has 1 saturated heterocycles. The Balaban J connectivity index is 2.08. The fourth-order valence-electron chi connectivity index (χ4n) is 2.03. The maximum atomic E-state index is 5.94. The van der Waals surface area contributed by atoms with Crippen LogP contribution in [0.1, 0.15) is 17.3 Å². The van der Waals surface area contributed by atoms with Crippen LogP contribution in [0.15, 0.2) is 15.9 Å². The smallest absolute Gasteiger partial charge is 0.0564 e. The van der Waals surface area contributed by atoms with Gasteiger partial charge >= 0.3 is 0 Å². The van der Waals surface area contributed by atoms with Gasteiger partial charge in [-0.2, -0.15) is 11.8 Å². The van der Waals surface area contributed by atoms with E-state index < -0.39 is 0 Å². The Bertz CT molecular complexity index is 322. The number of thioether (sulfide) groups is 1. The summed E-state index contributed by atoms with van der Waals surface area (Å²) in [6, 6.07) is 2.62. The van der Waals surface area contributed by atoms with Crippen LogP contribution in [0.2, 0.25) is 0 Å². The van der Waals surface area contributed by atoms with Crippen LogP contribution in [0.25, 0.3) is 0 Å². The fraction of sp³-hybridized carbons (Fsp3) is 0.636. The molecule has 16 heavy (non-hydrogen) atoms. The molecule has 90 valence electrons. The van der Waals surface area contributed by atoms with Crippen molar-refractivity contribution in [1.82, 2.24) is 4.90 Å². The quantitative estimate of drug-likeness (QED) is 0.928. The van der Waals surface area contributed by atoms with Crippen molar-refractivity contribution >= 4 is 39.0 Å². The molecular weight excluding hydrogens is 304 g/mol. The van der Waals surface area contributed by atoms with Crippen molar-refractivity contribution in [1.29, 1.82) is 0 Å². The van der Waals surface area contributed by atoms with E-state index in [0.717, 1.165) is 6.54 Å². The third kappa shape index (κ3) is 3.23. The van der Waals surface area contributed by atoms with E-state index in [9.17, 15) is 0 Å². The largest absolute Gasteiger partial charge is 0.329 e. The van der Waals surface area contributed by atoms with Crippen LogP contribution >= 0.6 is 39.0 Å². The minimum Gasteiger partial charge on any atom is -0.329 e. The van der Waals surface area contributed by atoms with Crippen LogP contribution in [-0.4, -0.2) is 36.0 Å². The summed E-state index contributed by atoms with van der Waals surface area (Å²) >= 11 is 7.38. The van der Waals surface area contributed by atoms with Crippen molar-refractivity contribution in [3.05, 3.63) is 20.8 Å². The zero-order valence-corrected chi connectivity index (χ0v) is 12.4.